The molecule has 0 saturated carbocycles. The second kappa shape index (κ2) is 5.06. The van der Waals surface area contributed by atoms with E-state index in [1.54, 1.807) is 0 Å². The Morgan fingerprint density at radius 1 is 1.35 bits per heavy atom. The molecule has 1 aromatic carbocycles. The van der Waals surface area contributed by atoms with Crippen LogP contribution in [0, 0.1) is 6.92 Å². The zero-order chi connectivity index (χ0) is 14.4. The number of alkyl halides is 1. The molecule has 3 aromatic rings. The van der Waals surface area contributed by atoms with Gasteiger partial charge in [-0.2, -0.15) is 5.10 Å². The lowest BCUT2D eigenvalue weighted by Crippen LogP contribution is -2.04. The highest BCUT2D eigenvalue weighted by Crippen LogP contribution is 2.29. The molecular formula is C13H11BrCl2N4. The lowest BCUT2D eigenvalue weighted by molar-refractivity contribution is 0.755. The molecule has 0 aliphatic heterocycles. The summed E-state index contributed by atoms with van der Waals surface area (Å²) in [6.07, 6.45) is 0. The molecule has 104 valence electrons. The molecule has 2 heterocycles. The van der Waals surface area contributed by atoms with Crippen molar-refractivity contribution in [3.8, 4) is 5.69 Å². The van der Waals surface area contributed by atoms with Crippen molar-refractivity contribution in [2.45, 2.75) is 12.8 Å². The Hall–Kier alpha value is -1.04. The summed E-state index contributed by atoms with van der Waals surface area (Å²) in [5.74, 6) is 1.10. The first-order valence-corrected chi connectivity index (χ1v) is 7.65. The van der Waals surface area contributed by atoms with E-state index in [4.69, 9.17) is 23.2 Å². The third kappa shape index (κ3) is 2.05. The van der Waals surface area contributed by atoms with Crippen LogP contribution in [-0.4, -0.2) is 19.3 Å². The third-order valence-corrected chi connectivity index (χ3v) is 4.62. The molecule has 0 bridgehead atoms. The van der Waals surface area contributed by atoms with Gasteiger partial charge in [-0.25, -0.2) is 9.67 Å². The van der Waals surface area contributed by atoms with E-state index in [-0.39, 0.29) is 0 Å². The van der Waals surface area contributed by atoms with Crippen LogP contribution in [0.3, 0.4) is 0 Å². The molecule has 20 heavy (non-hydrogen) atoms. The molecule has 0 amide bonds. The number of fused-ring (bicyclic) bond motifs is 1. The van der Waals surface area contributed by atoms with Gasteiger partial charge in [0.2, 0.25) is 0 Å². The van der Waals surface area contributed by atoms with Crippen molar-refractivity contribution in [2.24, 2.45) is 7.05 Å². The van der Waals surface area contributed by atoms with Gasteiger partial charge in [-0.3, -0.25) is 4.57 Å². The predicted molar refractivity (Wildman–Crippen MR) is 84.8 cm³/mol. The van der Waals surface area contributed by atoms with Gasteiger partial charge in [0.25, 0.3) is 0 Å². The molecule has 0 aliphatic rings. The van der Waals surface area contributed by atoms with Gasteiger partial charge in [-0.15, -0.1) is 11.6 Å². The minimum atomic E-state index is 0.321. The average molecular weight is 374 g/mol. The van der Waals surface area contributed by atoms with Crippen LogP contribution in [0.1, 0.15) is 11.5 Å². The highest BCUT2D eigenvalue weighted by Gasteiger charge is 2.18. The summed E-state index contributed by atoms with van der Waals surface area (Å²) in [7, 11) is 1.89. The van der Waals surface area contributed by atoms with E-state index in [0.29, 0.717) is 10.9 Å². The molecule has 4 nitrogen and oxygen atoms in total. The van der Waals surface area contributed by atoms with Crippen LogP contribution in [0.4, 0.5) is 0 Å². The lowest BCUT2D eigenvalue weighted by atomic mass is 10.3. The maximum Gasteiger partial charge on any atom is 0.163 e. The van der Waals surface area contributed by atoms with Gasteiger partial charge in [0.05, 0.1) is 22.3 Å². The van der Waals surface area contributed by atoms with E-state index in [9.17, 15) is 0 Å². The van der Waals surface area contributed by atoms with Crippen molar-refractivity contribution in [2.75, 3.05) is 0 Å². The van der Waals surface area contributed by atoms with Crippen molar-refractivity contribution in [1.82, 2.24) is 19.3 Å². The zero-order valence-corrected chi connectivity index (χ0v) is 14.0. The fourth-order valence-corrected chi connectivity index (χ4v) is 2.90. The maximum absolute atomic E-state index is 6.19. The Morgan fingerprint density at radius 3 is 2.75 bits per heavy atom. The monoisotopic (exact) mass is 372 g/mol. The molecule has 0 fully saturated rings. The number of benzene rings is 1. The number of imidazole rings is 1. The highest BCUT2D eigenvalue weighted by molar-refractivity contribution is 9.10. The summed E-state index contributed by atoms with van der Waals surface area (Å²) in [5, 5.41) is 5.04. The maximum atomic E-state index is 6.19. The highest BCUT2D eigenvalue weighted by atomic mass is 79.9. The first kappa shape index (κ1) is 13.9. The Morgan fingerprint density at radius 2 is 2.10 bits per heavy atom. The number of hydrogen-bond acceptors (Lipinski definition) is 2. The fourth-order valence-electron chi connectivity index (χ4n) is 2.30. The first-order chi connectivity index (χ1) is 9.52. The predicted octanol–water partition coefficient (Wildman–Crippen LogP) is 4.22. The normalized spacial score (nSPS) is 11.4. The van der Waals surface area contributed by atoms with Gasteiger partial charge in [-0.1, -0.05) is 11.6 Å². The molecule has 0 N–H and O–H groups in total. The number of nitrogens with zero attached hydrogens (tertiary/aromatic N) is 4. The largest absolute Gasteiger partial charge is 0.280 e. The van der Waals surface area contributed by atoms with Crippen LogP contribution < -0.4 is 0 Å². The molecule has 3 rings (SSSR count). The third-order valence-electron chi connectivity index (χ3n) is 3.15. The molecule has 0 saturated heterocycles. The molecule has 0 atom stereocenters. The van der Waals surface area contributed by atoms with Gasteiger partial charge in [-0.05, 0) is 41.1 Å². The van der Waals surface area contributed by atoms with E-state index >= 15 is 0 Å². The zero-order valence-electron chi connectivity index (χ0n) is 10.9. The molecule has 0 aliphatic carbocycles. The molecular weight excluding hydrogens is 363 g/mol. The number of hydrogen-bond donors (Lipinski definition) is 0. The van der Waals surface area contributed by atoms with Gasteiger partial charge in [0.1, 0.15) is 11.3 Å². The van der Waals surface area contributed by atoms with E-state index in [0.717, 1.165) is 32.8 Å². The summed E-state index contributed by atoms with van der Waals surface area (Å²) < 4.78 is 4.65. The Balaban J connectivity index is 2.36. The van der Waals surface area contributed by atoms with Gasteiger partial charge in [0.15, 0.2) is 5.65 Å². The van der Waals surface area contributed by atoms with Crippen LogP contribution >= 0.6 is 39.1 Å². The van der Waals surface area contributed by atoms with Gasteiger partial charge >= 0.3 is 0 Å². The Bertz CT molecular complexity index is 806. The van der Waals surface area contributed by atoms with Crippen molar-refractivity contribution in [1.29, 1.82) is 0 Å². The van der Waals surface area contributed by atoms with Crippen LogP contribution in [0.25, 0.3) is 16.9 Å². The Labute approximate surface area is 134 Å². The van der Waals surface area contributed by atoms with E-state index in [2.05, 4.69) is 26.0 Å². The average Bonchev–Trinajstić information content (AvgIpc) is 2.92. The number of rotatable bonds is 2. The molecule has 7 heteroatoms. The smallest absolute Gasteiger partial charge is 0.163 e. The molecule has 0 unspecified atom stereocenters. The van der Waals surface area contributed by atoms with Crippen LogP contribution in [0.5, 0.6) is 0 Å². The second-order valence-electron chi connectivity index (χ2n) is 4.48. The lowest BCUT2D eigenvalue weighted by Gasteiger charge is -2.09. The Kier molecular flexibility index (Phi) is 3.52. The topological polar surface area (TPSA) is 35.6 Å². The summed E-state index contributed by atoms with van der Waals surface area (Å²) >= 11 is 15.6. The second-order valence-corrected chi connectivity index (χ2v) is 6.01. The summed E-state index contributed by atoms with van der Waals surface area (Å²) in [6, 6.07) is 5.76. The van der Waals surface area contributed by atoms with Crippen molar-refractivity contribution < 1.29 is 0 Å². The van der Waals surface area contributed by atoms with Crippen molar-refractivity contribution >= 4 is 50.3 Å². The number of aromatic nitrogens is 4. The van der Waals surface area contributed by atoms with E-state index < -0.39 is 0 Å². The SMILES string of the molecule is Cc1nn(C)c2c1nc(CCl)n2-c1ccc(Br)c(Cl)c1. The van der Waals surface area contributed by atoms with Gasteiger partial charge in [0, 0.05) is 11.5 Å². The quantitative estimate of drug-likeness (QED) is 0.630. The van der Waals surface area contributed by atoms with Crippen LogP contribution in [-0.2, 0) is 12.9 Å². The van der Waals surface area contributed by atoms with Crippen LogP contribution in [0.15, 0.2) is 22.7 Å². The van der Waals surface area contributed by atoms with E-state index in [1.165, 1.54) is 0 Å². The standard InChI is InChI=1S/C13H11BrCl2N4/c1-7-12-13(19(2)18-7)20(11(6-15)17-12)8-3-4-9(14)10(16)5-8/h3-5H,6H2,1-2H3. The number of aryl methyl sites for hydroxylation is 2. The minimum absolute atomic E-state index is 0.321. The first-order valence-electron chi connectivity index (χ1n) is 5.95. The summed E-state index contributed by atoms with van der Waals surface area (Å²) in [5.41, 5.74) is 3.58. The van der Waals surface area contributed by atoms with Gasteiger partial charge < -0.3 is 0 Å². The molecule has 0 radical (unpaired) electrons. The number of halogens is 3. The van der Waals surface area contributed by atoms with Crippen LogP contribution in [0.2, 0.25) is 5.02 Å². The van der Waals surface area contributed by atoms with Crippen molar-refractivity contribution in [3.05, 3.63) is 39.2 Å². The summed E-state index contributed by atoms with van der Waals surface area (Å²) in [4.78, 5) is 4.57. The van der Waals surface area contributed by atoms with E-state index in [1.807, 2.05) is 41.4 Å². The van der Waals surface area contributed by atoms with Crippen molar-refractivity contribution in [3.63, 3.8) is 0 Å². The summed E-state index contributed by atoms with van der Waals surface area (Å²) in [6.45, 7) is 1.94. The fraction of sp³-hybridized carbons (Fsp3) is 0.231. The molecule has 0 spiro atoms. The molecule has 2 aromatic heterocycles. The minimum Gasteiger partial charge on any atom is -0.280 e.